The minimum atomic E-state index is 0.677. The largest absolute Gasteiger partial charge is 0.313 e. The molecule has 2 atom stereocenters. The van der Waals surface area contributed by atoms with Gasteiger partial charge in [0.15, 0.2) is 0 Å². The van der Waals surface area contributed by atoms with Crippen LogP contribution in [0.3, 0.4) is 0 Å². The Morgan fingerprint density at radius 1 is 1.35 bits per heavy atom. The second-order valence-corrected chi connectivity index (χ2v) is 7.24. The Bertz CT molecular complexity index is 329. The van der Waals surface area contributed by atoms with E-state index < -0.39 is 0 Å². The number of rotatable bonds is 6. The molecule has 1 aromatic rings. The molecule has 1 fully saturated rings. The minimum Gasteiger partial charge on any atom is -0.313 e. The fraction of sp³-hybridized carbons (Fsp3) is 0.714. The van der Waals surface area contributed by atoms with Gasteiger partial charge in [-0.2, -0.15) is 11.8 Å². The van der Waals surface area contributed by atoms with Gasteiger partial charge in [0, 0.05) is 21.0 Å². The summed E-state index contributed by atoms with van der Waals surface area (Å²) in [5.74, 6) is 1.36. The summed E-state index contributed by atoms with van der Waals surface area (Å²) in [6, 6.07) is 5.30. The molecule has 0 spiro atoms. The van der Waals surface area contributed by atoms with E-state index in [0.29, 0.717) is 6.04 Å². The number of nitrogens with one attached hydrogen (secondary N) is 1. The molecule has 0 amide bonds. The van der Waals surface area contributed by atoms with E-state index in [1.54, 1.807) is 4.88 Å². The highest BCUT2D eigenvalue weighted by molar-refractivity contribution is 8.00. The molecule has 2 rings (SSSR count). The number of thiophene rings is 1. The maximum Gasteiger partial charge on any atom is 0.0234 e. The Morgan fingerprint density at radius 3 is 2.76 bits per heavy atom. The number of hydrogen-bond acceptors (Lipinski definition) is 3. The zero-order valence-corrected chi connectivity index (χ0v) is 12.5. The van der Waals surface area contributed by atoms with Gasteiger partial charge in [0.05, 0.1) is 0 Å². The lowest BCUT2D eigenvalue weighted by Crippen LogP contribution is -2.38. The molecule has 17 heavy (non-hydrogen) atoms. The first-order valence-electron chi connectivity index (χ1n) is 6.76. The first-order chi connectivity index (χ1) is 8.33. The summed E-state index contributed by atoms with van der Waals surface area (Å²) in [5, 5.41) is 4.52. The van der Waals surface area contributed by atoms with Crippen molar-refractivity contribution in [3.8, 4) is 0 Å². The highest BCUT2D eigenvalue weighted by Crippen LogP contribution is 2.31. The summed E-state index contributed by atoms with van der Waals surface area (Å²) in [4.78, 5) is 3.08. The Labute approximate surface area is 113 Å². The normalized spacial score (nSPS) is 21.9. The smallest absolute Gasteiger partial charge is 0.0234 e. The molecule has 1 aliphatic rings. The second kappa shape index (κ2) is 6.81. The lowest BCUT2D eigenvalue weighted by molar-refractivity contribution is 0.498. The molecule has 96 valence electrons. The standard InChI is InChI=1S/C14H23NS2/c1-3-11-7-8-12(17-11)10-13(15-4-2)14-6-5-9-16-14/h7-8,13-15H,3-6,9-10H2,1-2H3. The van der Waals surface area contributed by atoms with Crippen LogP contribution in [0.5, 0.6) is 0 Å². The Morgan fingerprint density at radius 2 is 2.18 bits per heavy atom. The topological polar surface area (TPSA) is 12.0 Å². The van der Waals surface area contributed by atoms with Crippen molar-refractivity contribution in [1.29, 1.82) is 0 Å². The van der Waals surface area contributed by atoms with Crippen LogP contribution in [0.2, 0.25) is 0 Å². The van der Waals surface area contributed by atoms with Gasteiger partial charge in [-0.05, 0) is 50.1 Å². The lowest BCUT2D eigenvalue weighted by Gasteiger charge is -2.23. The predicted molar refractivity (Wildman–Crippen MR) is 80.3 cm³/mol. The number of hydrogen-bond donors (Lipinski definition) is 1. The molecule has 1 N–H and O–H groups in total. The molecule has 0 aliphatic carbocycles. The molecule has 1 aliphatic heterocycles. The summed E-state index contributed by atoms with van der Waals surface area (Å²) in [6.07, 6.45) is 5.20. The van der Waals surface area contributed by atoms with E-state index in [-0.39, 0.29) is 0 Å². The third kappa shape index (κ3) is 3.73. The van der Waals surface area contributed by atoms with Crippen LogP contribution in [0.25, 0.3) is 0 Å². The maximum absolute atomic E-state index is 3.69. The van der Waals surface area contributed by atoms with E-state index in [9.17, 15) is 0 Å². The molecular formula is C14H23NS2. The molecule has 1 nitrogen and oxygen atoms in total. The highest BCUT2D eigenvalue weighted by atomic mass is 32.2. The van der Waals surface area contributed by atoms with Crippen molar-refractivity contribution in [2.45, 2.75) is 50.8 Å². The average molecular weight is 269 g/mol. The SMILES string of the molecule is CCNC(Cc1ccc(CC)s1)C1CCCS1. The van der Waals surface area contributed by atoms with E-state index in [1.807, 2.05) is 11.3 Å². The average Bonchev–Trinajstić information content (AvgIpc) is 2.99. The molecular weight excluding hydrogens is 246 g/mol. The molecule has 0 bridgehead atoms. The van der Waals surface area contributed by atoms with Crippen molar-refractivity contribution in [1.82, 2.24) is 5.32 Å². The summed E-state index contributed by atoms with van der Waals surface area (Å²) < 4.78 is 0. The molecule has 3 heteroatoms. The van der Waals surface area contributed by atoms with Gasteiger partial charge in [0.1, 0.15) is 0 Å². The van der Waals surface area contributed by atoms with Gasteiger partial charge < -0.3 is 5.32 Å². The van der Waals surface area contributed by atoms with Gasteiger partial charge in [-0.1, -0.05) is 13.8 Å². The van der Waals surface area contributed by atoms with Crippen molar-refractivity contribution in [3.05, 3.63) is 21.9 Å². The van der Waals surface area contributed by atoms with Crippen LogP contribution in [0.15, 0.2) is 12.1 Å². The van der Waals surface area contributed by atoms with E-state index in [2.05, 4.69) is 43.1 Å². The zero-order chi connectivity index (χ0) is 12.1. The molecule has 0 saturated carbocycles. The van der Waals surface area contributed by atoms with Gasteiger partial charge in [0.2, 0.25) is 0 Å². The predicted octanol–water partition coefficient (Wildman–Crippen LogP) is 3.73. The van der Waals surface area contributed by atoms with Crippen LogP contribution in [-0.4, -0.2) is 23.6 Å². The van der Waals surface area contributed by atoms with Crippen LogP contribution in [0.1, 0.15) is 36.4 Å². The second-order valence-electron chi connectivity index (χ2n) is 4.64. The van der Waals surface area contributed by atoms with Gasteiger partial charge in [-0.25, -0.2) is 0 Å². The monoisotopic (exact) mass is 269 g/mol. The highest BCUT2D eigenvalue weighted by Gasteiger charge is 2.25. The van der Waals surface area contributed by atoms with Gasteiger partial charge in [0.25, 0.3) is 0 Å². The quantitative estimate of drug-likeness (QED) is 0.844. The minimum absolute atomic E-state index is 0.677. The van der Waals surface area contributed by atoms with Crippen molar-refractivity contribution in [3.63, 3.8) is 0 Å². The van der Waals surface area contributed by atoms with Crippen molar-refractivity contribution in [2.75, 3.05) is 12.3 Å². The van der Waals surface area contributed by atoms with Crippen LogP contribution in [0, 0.1) is 0 Å². The fourth-order valence-corrected chi connectivity index (χ4v) is 4.87. The van der Waals surface area contributed by atoms with E-state index in [1.165, 1.54) is 36.3 Å². The van der Waals surface area contributed by atoms with Crippen molar-refractivity contribution >= 4 is 23.1 Å². The lowest BCUT2D eigenvalue weighted by atomic mass is 10.1. The van der Waals surface area contributed by atoms with Gasteiger partial charge in [-0.3, -0.25) is 0 Å². The molecule has 2 unspecified atom stereocenters. The summed E-state index contributed by atoms with van der Waals surface area (Å²) in [6.45, 7) is 5.55. The maximum atomic E-state index is 3.69. The Hall–Kier alpha value is 0.01000. The molecule has 1 saturated heterocycles. The van der Waals surface area contributed by atoms with E-state index in [4.69, 9.17) is 0 Å². The Balaban J connectivity index is 1.96. The van der Waals surface area contributed by atoms with Crippen LogP contribution in [0.4, 0.5) is 0 Å². The number of aryl methyl sites for hydroxylation is 1. The van der Waals surface area contributed by atoms with Crippen molar-refractivity contribution < 1.29 is 0 Å². The van der Waals surface area contributed by atoms with Crippen LogP contribution in [-0.2, 0) is 12.8 Å². The van der Waals surface area contributed by atoms with Crippen molar-refractivity contribution in [2.24, 2.45) is 0 Å². The molecule has 0 radical (unpaired) electrons. The van der Waals surface area contributed by atoms with Gasteiger partial charge >= 0.3 is 0 Å². The van der Waals surface area contributed by atoms with Crippen LogP contribution < -0.4 is 5.32 Å². The first-order valence-corrected chi connectivity index (χ1v) is 8.62. The third-order valence-electron chi connectivity index (χ3n) is 3.37. The molecule has 2 heterocycles. The van der Waals surface area contributed by atoms with Crippen LogP contribution >= 0.6 is 23.1 Å². The third-order valence-corrected chi connectivity index (χ3v) is 6.14. The summed E-state index contributed by atoms with van der Waals surface area (Å²) in [5.41, 5.74) is 0. The summed E-state index contributed by atoms with van der Waals surface area (Å²) >= 11 is 4.16. The Kier molecular flexibility index (Phi) is 5.39. The van der Waals surface area contributed by atoms with E-state index in [0.717, 1.165) is 11.8 Å². The molecule has 1 aromatic heterocycles. The first kappa shape index (κ1) is 13.4. The molecule has 0 aromatic carbocycles. The summed E-state index contributed by atoms with van der Waals surface area (Å²) in [7, 11) is 0. The van der Waals surface area contributed by atoms with Gasteiger partial charge in [-0.15, -0.1) is 11.3 Å². The number of likely N-dealkylation sites (N-methyl/N-ethyl adjacent to an activating group) is 1. The van der Waals surface area contributed by atoms with E-state index >= 15 is 0 Å². The zero-order valence-electron chi connectivity index (χ0n) is 10.9. The number of thioether (sulfide) groups is 1. The fourth-order valence-electron chi connectivity index (χ4n) is 2.46.